The molecule has 0 radical (unpaired) electrons. The Morgan fingerprint density at radius 3 is 2.80 bits per heavy atom. The first-order valence-electron chi connectivity index (χ1n) is 9.19. The summed E-state index contributed by atoms with van der Waals surface area (Å²) in [5.74, 6) is -0.908. The third-order valence-corrected chi connectivity index (χ3v) is 4.93. The van der Waals surface area contributed by atoms with Gasteiger partial charge in [0.25, 0.3) is 0 Å². The number of aryl methyl sites for hydroxylation is 1. The number of allylic oxidation sites excluding steroid dienone is 2. The summed E-state index contributed by atoms with van der Waals surface area (Å²) in [6, 6.07) is 10.3. The monoisotopic (exact) mass is 338 g/mol. The lowest BCUT2D eigenvalue weighted by Gasteiger charge is -2.23. The average molecular weight is 338 g/mol. The van der Waals surface area contributed by atoms with E-state index in [0.29, 0.717) is 6.61 Å². The van der Waals surface area contributed by atoms with Crippen LogP contribution in [0, 0.1) is 6.92 Å². The fourth-order valence-corrected chi connectivity index (χ4v) is 3.71. The van der Waals surface area contributed by atoms with E-state index in [1.54, 1.807) is 0 Å². The zero-order chi connectivity index (χ0) is 17.8. The maximum absolute atomic E-state index is 12.0. The SMILES string of the molecule is CCCCOC(C(=O)O)c1c(C)cc2ccccc2c1C1=CCCC1. The lowest BCUT2D eigenvalue weighted by Crippen LogP contribution is -2.19. The average Bonchev–Trinajstić information content (AvgIpc) is 3.12. The molecule has 1 atom stereocenters. The second-order valence-electron chi connectivity index (χ2n) is 6.77. The van der Waals surface area contributed by atoms with E-state index in [1.807, 2.05) is 19.1 Å². The van der Waals surface area contributed by atoms with Crippen molar-refractivity contribution in [1.29, 1.82) is 0 Å². The number of unbranched alkanes of at least 4 members (excludes halogenated alkanes) is 1. The van der Waals surface area contributed by atoms with Crippen LogP contribution in [0.25, 0.3) is 16.3 Å². The highest BCUT2D eigenvalue weighted by Gasteiger charge is 2.28. The Bertz CT molecular complexity index is 804. The van der Waals surface area contributed by atoms with E-state index in [2.05, 4.69) is 31.2 Å². The van der Waals surface area contributed by atoms with Crippen molar-refractivity contribution < 1.29 is 14.6 Å². The number of hydrogen-bond donors (Lipinski definition) is 1. The molecule has 0 saturated carbocycles. The molecule has 0 aromatic heterocycles. The zero-order valence-corrected chi connectivity index (χ0v) is 15.0. The highest BCUT2D eigenvalue weighted by molar-refractivity contribution is 5.98. The molecule has 1 aliphatic rings. The molecule has 0 aliphatic heterocycles. The van der Waals surface area contributed by atoms with Crippen LogP contribution in [0.3, 0.4) is 0 Å². The fourth-order valence-electron chi connectivity index (χ4n) is 3.71. The molecule has 132 valence electrons. The number of carboxylic acid groups (broad SMARTS) is 1. The van der Waals surface area contributed by atoms with Gasteiger partial charge in [0.15, 0.2) is 6.10 Å². The van der Waals surface area contributed by atoms with Gasteiger partial charge in [0.1, 0.15) is 0 Å². The van der Waals surface area contributed by atoms with E-state index in [9.17, 15) is 9.90 Å². The van der Waals surface area contributed by atoms with E-state index in [-0.39, 0.29) is 0 Å². The molecule has 0 amide bonds. The second-order valence-corrected chi connectivity index (χ2v) is 6.77. The van der Waals surface area contributed by atoms with Crippen LogP contribution in [0.1, 0.15) is 61.8 Å². The summed E-state index contributed by atoms with van der Waals surface area (Å²) in [5, 5.41) is 12.1. The number of carbonyl (C=O) groups is 1. The van der Waals surface area contributed by atoms with Gasteiger partial charge in [0, 0.05) is 12.2 Å². The van der Waals surface area contributed by atoms with Gasteiger partial charge in [-0.05, 0) is 60.1 Å². The molecule has 1 unspecified atom stereocenters. The molecule has 25 heavy (non-hydrogen) atoms. The Morgan fingerprint density at radius 1 is 1.32 bits per heavy atom. The second kappa shape index (κ2) is 7.83. The molecule has 1 aliphatic carbocycles. The Kier molecular flexibility index (Phi) is 5.54. The van der Waals surface area contributed by atoms with E-state index in [1.165, 1.54) is 5.57 Å². The molecule has 2 aromatic carbocycles. The number of rotatable bonds is 7. The Balaban J connectivity index is 2.19. The van der Waals surface area contributed by atoms with Gasteiger partial charge in [-0.25, -0.2) is 4.79 Å². The van der Waals surface area contributed by atoms with E-state index in [0.717, 1.165) is 59.6 Å². The highest BCUT2D eigenvalue weighted by Crippen LogP contribution is 2.40. The summed E-state index contributed by atoms with van der Waals surface area (Å²) in [5.41, 5.74) is 4.16. The van der Waals surface area contributed by atoms with Gasteiger partial charge in [0.05, 0.1) is 0 Å². The fraction of sp³-hybridized carbons (Fsp3) is 0.409. The minimum atomic E-state index is -0.910. The van der Waals surface area contributed by atoms with Crippen LogP contribution in [0.5, 0.6) is 0 Å². The summed E-state index contributed by atoms with van der Waals surface area (Å²) >= 11 is 0. The molecule has 0 fully saturated rings. The number of hydrogen-bond acceptors (Lipinski definition) is 2. The first-order valence-corrected chi connectivity index (χ1v) is 9.19. The van der Waals surface area contributed by atoms with Crippen molar-refractivity contribution >= 4 is 22.3 Å². The normalized spacial score (nSPS) is 15.4. The molecule has 0 bridgehead atoms. The molecule has 3 rings (SSSR count). The van der Waals surface area contributed by atoms with Gasteiger partial charge in [-0.2, -0.15) is 0 Å². The summed E-state index contributed by atoms with van der Waals surface area (Å²) in [6.07, 6.45) is 6.40. The van der Waals surface area contributed by atoms with Crippen molar-refractivity contribution in [1.82, 2.24) is 0 Å². The number of ether oxygens (including phenoxy) is 1. The van der Waals surface area contributed by atoms with Gasteiger partial charge in [-0.3, -0.25) is 0 Å². The van der Waals surface area contributed by atoms with Crippen molar-refractivity contribution in [2.45, 2.75) is 52.1 Å². The van der Waals surface area contributed by atoms with Gasteiger partial charge in [0.2, 0.25) is 0 Å². The zero-order valence-electron chi connectivity index (χ0n) is 15.0. The summed E-state index contributed by atoms with van der Waals surface area (Å²) in [7, 11) is 0. The maximum atomic E-state index is 12.0. The number of fused-ring (bicyclic) bond motifs is 1. The van der Waals surface area contributed by atoms with Crippen LogP contribution in [0.4, 0.5) is 0 Å². The van der Waals surface area contributed by atoms with Crippen LogP contribution >= 0.6 is 0 Å². The molecule has 3 nitrogen and oxygen atoms in total. The molecule has 3 heteroatoms. The Hall–Kier alpha value is -2.13. The third-order valence-electron chi connectivity index (χ3n) is 4.93. The Labute approximate surface area is 149 Å². The maximum Gasteiger partial charge on any atom is 0.337 e. The van der Waals surface area contributed by atoms with Crippen molar-refractivity contribution in [2.24, 2.45) is 0 Å². The summed E-state index contributed by atoms with van der Waals surface area (Å²) < 4.78 is 5.83. The van der Waals surface area contributed by atoms with Crippen molar-refractivity contribution in [3.05, 3.63) is 53.1 Å². The standard InChI is InChI=1S/C22H26O3/c1-3-4-13-25-21(22(23)24)19-15(2)14-17-11-7-8-12-18(17)20(19)16-9-5-6-10-16/h7-9,11-12,14,21H,3-6,10,13H2,1-2H3,(H,23,24). The van der Waals surface area contributed by atoms with Crippen LogP contribution in [0.15, 0.2) is 36.4 Å². The van der Waals surface area contributed by atoms with Gasteiger partial charge >= 0.3 is 5.97 Å². The number of carboxylic acids is 1. The lowest BCUT2D eigenvalue weighted by molar-refractivity contribution is -0.151. The van der Waals surface area contributed by atoms with Crippen molar-refractivity contribution in [3.8, 4) is 0 Å². The molecule has 0 saturated heterocycles. The predicted octanol–water partition coefficient (Wildman–Crippen LogP) is 5.66. The van der Waals surface area contributed by atoms with Crippen LogP contribution < -0.4 is 0 Å². The van der Waals surface area contributed by atoms with Gasteiger partial charge < -0.3 is 9.84 Å². The molecule has 0 spiro atoms. The summed E-state index contributed by atoms with van der Waals surface area (Å²) in [4.78, 5) is 12.0. The molecular weight excluding hydrogens is 312 g/mol. The minimum absolute atomic E-state index is 0.470. The van der Waals surface area contributed by atoms with Crippen molar-refractivity contribution in [2.75, 3.05) is 6.61 Å². The number of aliphatic carboxylic acids is 1. The predicted molar refractivity (Wildman–Crippen MR) is 102 cm³/mol. The topological polar surface area (TPSA) is 46.5 Å². The van der Waals surface area contributed by atoms with Gasteiger partial charge in [-0.1, -0.05) is 49.8 Å². The van der Waals surface area contributed by atoms with Crippen molar-refractivity contribution in [3.63, 3.8) is 0 Å². The largest absolute Gasteiger partial charge is 0.479 e. The molecule has 1 N–H and O–H groups in total. The van der Waals surface area contributed by atoms with Crippen LogP contribution in [-0.2, 0) is 9.53 Å². The van der Waals surface area contributed by atoms with Crippen LogP contribution in [0.2, 0.25) is 0 Å². The minimum Gasteiger partial charge on any atom is -0.479 e. The molecular formula is C22H26O3. The smallest absolute Gasteiger partial charge is 0.337 e. The molecule has 2 aromatic rings. The van der Waals surface area contributed by atoms with E-state index in [4.69, 9.17) is 4.74 Å². The Morgan fingerprint density at radius 2 is 2.12 bits per heavy atom. The lowest BCUT2D eigenvalue weighted by atomic mass is 9.87. The highest BCUT2D eigenvalue weighted by atomic mass is 16.5. The quantitative estimate of drug-likeness (QED) is 0.663. The number of benzene rings is 2. The first-order chi connectivity index (χ1) is 12.1. The molecule has 0 heterocycles. The van der Waals surface area contributed by atoms with E-state index >= 15 is 0 Å². The third kappa shape index (κ3) is 3.62. The van der Waals surface area contributed by atoms with Gasteiger partial charge in [-0.15, -0.1) is 0 Å². The van der Waals surface area contributed by atoms with Crippen LogP contribution in [-0.4, -0.2) is 17.7 Å². The van der Waals surface area contributed by atoms with E-state index < -0.39 is 12.1 Å². The summed E-state index contributed by atoms with van der Waals surface area (Å²) in [6.45, 7) is 4.55. The first kappa shape index (κ1) is 17.7.